The molecule has 0 radical (unpaired) electrons. The van der Waals surface area contributed by atoms with E-state index in [1.165, 1.54) is 0 Å². The molecule has 0 bridgehead atoms. The molecule has 86 valence electrons. The quantitative estimate of drug-likeness (QED) is 0.881. The van der Waals surface area contributed by atoms with E-state index in [4.69, 9.17) is 5.73 Å². The number of alkyl halides is 2. The van der Waals surface area contributed by atoms with Crippen LogP contribution in [-0.2, 0) is 0 Å². The lowest BCUT2D eigenvalue weighted by Crippen LogP contribution is -2.19. The number of aryl methyl sites for hydroxylation is 1. The monoisotopic (exact) mass is 301 g/mol. The van der Waals surface area contributed by atoms with Crippen molar-refractivity contribution in [2.45, 2.75) is 19.4 Å². The van der Waals surface area contributed by atoms with Gasteiger partial charge in [0.15, 0.2) is 0 Å². The zero-order valence-corrected chi connectivity index (χ0v) is 10.3. The maximum Gasteiger partial charge on any atom is 0.257 e. The first-order chi connectivity index (χ1) is 6.45. The lowest BCUT2D eigenvalue weighted by Gasteiger charge is -2.15. The fourth-order valence-electron chi connectivity index (χ4n) is 1.14. The maximum absolute atomic E-state index is 12.3. The van der Waals surface area contributed by atoms with E-state index in [1.54, 1.807) is 19.1 Å². The van der Waals surface area contributed by atoms with E-state index in [-0.39, 0.29) is 23.7 Å². The summed E-state index contributed by atoms with van der Waals surface area (Å²) in [6.07, 6.45) is -2.70. The van der Waals surface area contributed by atoms with Gasteiger partial charge in [0.1, 0.15) is 5.75 Å². The van der Waals surface area contributed by atoms with Crippen LogP contribution in [-0.4, -0.2) is 11.5 Å². The molecule has 2 nitrogen and oxygen atoms in total. The summed E-state index contributed by atoms with van der Waals surface area (Å²) in [6.45, 7) is 1.63. The highest BCUT2D eigenvalue weighted by molar-refractivity contribution is 9.10. The number of benzene rings is 1. The topological polar surface area (TPSA) is 46.2 Å². The Labute approximate surface area is 101 Å². The van der Waals surface area contributed by atoms with Crippen molar-refractivity contribution in [3.63, 3.8) is 0 Å². The molecule has 15 heavy (non-hydrogen) atoms. The molecular formula is C9H11BrClF2NO. The smallest absolute Gasteiger partial charge is 0.257 e. The van der Waals surface area contributed by atoms with Gasteiger partial charge in [-0.2, -0.15) is 0 Å². The first kappa shape index (κ1) is 14.6. The minimum Gasteiger partial charge on any atom is -0.507 e. The van der Waals surface area contributed by atoms with Crippen LogP contribution in [0.1, 0.15) is 17.2 Å². The van der Waals surface area contributed by atoms with Gasteiger partial charge in [-0.25, -0.2) is 8.78 Å². The van der Waals surface area contributed by atoms with E-state index in [1.807, 2.05) is 0 Å². The summed E-state index contributed by atoms with van der Waals surface area (Å²) in [5.41, 5.74) is 5.85. The van der Waals surface area contributed by atoms with Crippen LogP contribution in [0, 0.1) is 6.92 Å². The van der Waals surface area contributed by atoms with Crippen molar-refractivity contribution in [1.82, 2.24) is 0 Å². The van der Waals surface area contributed by atoms with E-state index in [9.17, 15) is 13.9 Å². The second kappa shape index (κ2) is 5.63. The van der Waals surface area contributed by atoms with Crippen molar-refractivity contribution in [3.05, 3.63) is 27.7 Å². The highest BCUT2D eigenvalue weighted by Crippen LogP contribution is 2.35. The van der Waals surface area contributed by atoms with Gasteiger partial charge in [0.05, 0.1) is 6.04 Å². The SMILES string of the molecule is Cc1ccc(Br)c([C@@H](N)C(F)F)c1O.Cl. The van der Waals surface area contributed by atoms with Crippen molar-refractivity contribution in [2.24, 2.45) is 5.73 Å². The highest BCUT2D eigenvalue weighted by atomic mass is 79.9. The second-order valence-corrected chi connectivity index (χ2v) is 3.84. The molecule has 0 fully saturated rings. The summed E-state index contributed by atoms with van der Waals surface area (Å²) in [5, 5.41) is 9.55. The first-order valence-corrected chi connectivity index (χ1v) is 4.76. The number of hydrogen-bond acceptors (Lipinski definition) is 2. The van der Waals surface area contributed by atoms with Crippen LogP contribution in [0.4, 0.5) is 8.78 Å². The first-order valence-electron chi connectivity index (χ1n) is 3.97. The standard InChI is InChI=1S/C9H10BrF2NO.ClH/c1-4-2-3-5(10)6(8(4)14)7(13)9(11)12;/h2-3,7,9,14H,13H2,1H3;1H/t7-;/m1./s1. The summed E-state index contributed by atoms with van der Waals surface area (Å²) in [6, 6.07) is 1.75. The lowest BCUT2D eigenvalue weighted by molar-refractivity contribution is 0.115. The number of rotatable bonds is 2. The Hall–Kier alpha value is -0.390. The molecule has 1 atom stereocenters. The third kappa shape index (κ3) is 3.03. The van der Waals surface area contributed by atoms with Gasteiger partial charge in [0.25, 0.3) is 6.43 Å². The molecule has 0 aromatic heterocycles. The van der Waals surface area contributed by atoms with Gasteiger partial charge in [0.2, 0.25) is 0 Å². The maximum atomic E-state index is 12.3. The van der Waals surface area contributed by atoms with Crippen molar-refractivity contribution in [1.29, 1.82) is 0 Å². The van der Waals surface area contributed by atoms with Crippen LogP contribution in [0.5, 0.6) is 5.75 Å². The van der Waals surface area contributed by atoms with Gasteiger partial charge in [-0.05, 0) is 18.6 Å². The molecule has 1 aromatic rings. The van der Waals surface area contributed by atoms with Gasteiger partial charge in [-0.15, -0.1) is 12.4 Å². The third-order valence-corrected chi connectivity index (χ3v) is 2.66. The summed E-state index contributed by atoms with van der Waals surface area (Å²) in [7, 11) is 0. The highest BCUT2D eigenvalue weighted by Gasteiger charge is 2.23. The molecule has 0 heterocycles. The Balaban J connectivity index is 0.00000196. The van der Waals surface area contributed by atoms with E-state index in [0.29, 0.717) is 10.0 Å². The largest absolute Gasteiger partial charge is 0.507 e. The van der Waals surface area contributed by atoms with Crippen LogP contribution in [0.15, 0.2) is 16.6 Å². The van der Waals surface area contributed by atoms with Gasteiger partial charge in [-0.3, -0.25) is 0 Å². The predicted octanol–water partition coefficient (Wildman–Crippen LogP) is 3.15. The Morgan fingerprint density at radius 1 is 1.40 bits per heavy atom. The summed E-state index contributed by atoms with van der Waals surface area (Å²) < 4.78 is 25.1. The molecule has 0 amide bonds. The molecule has 6 heteroatoms. The summed E-state index contributed by atoms with van der Waals surface area (Å²) in [5.74, 6) is -0.174. The molecule has 0 aliphatic carbocycles. The number of nitrogens with two attached hydrogens (primary N) is 1. The fourth-order valence-corrected chi connectivity index (χ4v) is 1.72. The molecular weight excluding hydrogens is 291 g/mol. The lowest BCUT2D eigenvalue weighted by atomic mass is 10.0. The minimum absolute atomic E-state index is 0. The Morgan fingerprint density at radius 2 is 1.93 bits per heavy atom. The van der Waals surface area contributed by atoms with Crippen molar-refractivity contribution >= 4 is 28.3 Å². The number of halogens is 4. The molecule has 1 aromatic carbocycles. The Bertz CT molecular complexity index is 349. The molecule has 0 aliphatic rings. The molecule has 3 N–H and O–H groups in total. The van der Waals surface area contributed by atoms with Gasteiger partial charge in [-0.1, -0.05) is 22.0 Å². The molecule has 0 aliphatic heterocycles. The van der Waals surface area contributed by atoms with E-state index in [2.05, 4.69) is 15.9 Å². The van der Waals surface area contributed by atoms with Gasteiger partial charge >= 0.3 is 0 Å². The van der Waals surface area contributed by atoms with Crippen molar-refractivity contribution in [2.75, 3.05) is 0 Å². The number of phenolic OH excluding ortho intramolecular Hbond substituents is 1. The minimum atomic E-state index is -2.70. The summed E-state index contributed by atoms with van der Waals surface area (Å²) in [4.78, 5) is 0. The predicted molar refractivity (Wildman–Crippen MR) is 60.7 cm³/mol. The van der Waals surface area contributed by atoms with Gasteiger partial charge in [0, 0.05) is 10.0 Å². The zero-order valence-electron chi connectivity index (χ0n) is 7.88. The second-order valence-electron chi connectivity index (χ2n) is 2.99. The van der Waals surface area contributed by atoms with E-state index in [0.717, 1.165) is 0 Å². The van der Waals surface area contributed by atoms with Gasteiger partial charge < -0.3 is 10.8 Å². The molecule has 0 spiro atoms. The average molecular weight is 303 g/mol. The third-order valence-electron chi connectivity index (χ3n) is 1.97. The molecule has 0 saturated heterocycles. The zero-order chi connectivity index (χ0) is 10.9. The van der Waals surface area contributed by atoms with Crippen LogP contribution in [0.2, 0.25) is 0 Å². The molecule has 0 saturated carbocycles. The number of aromatic hydroxyl groups is 1. The van der Waals surface area contributed by atoms with E-state index >= 15 is 0 Å². The summed E-state index contributed by atoms with van der Waals surface area (Å²) >= 11 is 3.08. The van der Waals surface area contributed by atoms with Crippen LogP contribution >= 0.6 is 28.3 Å². The van der Waals surface area contributed by atoms with Crippen LogP contribution in [0.25, 0.3) is 0 Å². The number of hydrogen-bond donors (Lipinski definition) is 2. The van der Waals surface area contributed by atoms with Crippen molar-refractivity contribution in [3.8, 4) is 5.75 Å². The average Bonchev–Trinajstić information content (AvgIpc) is 2.12. The van der Waals surface area contributed by atoms with E-state index < -0.39 is 12.5 Å². The van der Waals surface area contributed by atoms with Crippen LogP contribution in [0.3, 0.4) is 0 Å². The van der Waals surface area contributed by atoms with Crippen molar-refractivity contribution < 1.29 is 13.9 Å². The van der Waals surface area contributed by atoms with Crippen LogP contribution < -0.4 is 5.73 Å². The fraction of sp³-hybridized carbons (Fsp3) is 0.333. The Kier molecular flexibility index (Phi) is 5.48. The molecule has 1 rings (SSSR count). The number of phenols is 1. The molecule has 0 unspecified atom stereocenters. The normalized spacial score (nSPS) is 12.4. The Morgan fingerprint density at radius 3 is 2.40 bits per heavy atom.